The lowest BCUT2D eigenvalue weighted by molar-refractivity contribution is -0.137. The second kappa shape index (κ2) is 19.3. The molecule has 3 aliphatic heterocycles. The van der Waals surface area contributed by atoms with Crippen LogP contribution in [0.15, 0.2) is 54.6 Å². The van der Waals surface area contributed by atoms with E-state index in [-0.39, 0.29) is 71.6 Å². The van der Waals surface area contributed by atoms with E-state index in [2.05, 4.69) is 38.8 Å². The first-order chi connectivity index (χ1) is 34.7. The molecule has 5 heterocycles. The Kier molecular flexibility index (Phi) is 13.8. The Bertz CT molecular complexity index is 2880. The average molecular weight is 1050 g/mol. The molecule has 398 valence electrons. The number of aromatic nitrogens is 3. The van der Waals surface area contributed by atoms with Crippen molar-refractivity contribution < 1.29 is 54.9 Å². The molecule has 1 amide bonds. The number of pyridine rings is 1. The highest BCUT2D eigenvalue weighted by atomic mass is 28.4. The van der Waals surface area contributed by atoms with Gasteiger partial charge in [-0.2, -0.15) is 23.1 Å². The van der Waals surface area contributed by atoms with Gasteiger partial charge in [-0.25, -0.2) is 18.6 Å². The third-order valence-corrected chi connectivity index (χ3v) is 20.1. The lowest BCUT2D eigenvalue weighted by Gasteiger charge is -2.48. The number of anilines is 2. The van der Waals surface area contributed by atoms with E-state index in [1.807, 2.05) is 4.90 Å². The fourth-order valence-electron chi connectivity index (χ4n) is 10.5. The van der Waals surface area contributed by atoms with Crippen LogP contribution in [0.1, 0.15) is 103 Å². The summed E-state index contributed by atoms with van der Waals surface area (Å²) in [6.07, 6.45) is -3.18. The molecule has 9 rings (SSSR count). The zero-order chi connectivity index (χ0) is 53.4. The van der Waals surface area contributed by atoms with Crippen LogP contribution < -0.4 is 28.7 Å². The van der Waals surface area contributed by atoms with Crippen molar-refractivity contribution in [2.45, 2.75) is 160 Å². The Morgan fingerprint density at radius 1 is 0.878 bits per heavy atom. The van der Waals surface area contributed by atoms with Gasteiger partial charge in [0.25, 0.3) is 0 Å². The van der Waals surface area contributed by atoms with Crippen molar-refractivity contribution in [1.82, 2.24) is 19.9 Å². The van der Waals surface area contributed by atoms with Crippen molar-refractivity contribution in [3.63, 3.8) is 0 Å². The highest BCUT2D eigenvalue weighted by molar-refractivity contribution is 6.74. The maximum absolute atomic E-state index is 18.3. The van der Waals surface area contributed by atoms with Crippen molar-refractivity contribution >= 4 is 36.8 Å². The number of amides is 1. The molecular weight excluding hydrogens is 980 g/mol. The normalized spacial score (nSPS) is 20.3. The number of halogens is 5. The van der Waals surface area contributed by atoms with Gasteiger partial charge in [-0.1, -0.05) is 45.0 Å². The smallest absolute Gasteiger partial charge is 0.417 e. The number of carbonyl (C=O) groups excluding carboxylic acids is 1. The lowest BCUT2D eigenvalue weighted by atomic mass is 9.81. The molecule has 1 aliphatic carbocycles. The van der Waals surface area contributed by atoms with Crippen LogP contribution in [0.25, 0.3) is 22.2 Å². The van der Waals surface area contributed by atoms with Gasteiger partial charge in [-0.05, 0) is 132 Å². The largest absolute Gasteiger partial charge is 0.497 e. The third kappa shape index (κ3) is 10.0. The molecule has 3 fully saturated rings. The molecule has 0 spiro atoms. The van der Waals surface area contributed by atoms with Crippen molar-refractivity contribution in [2.24, 2.45) is 0 Å². The van der Waals surface area contributed by atoms with E-state index in [9.17, 15) is 4.79 Å². The van der Waals surface area contributed by atoms with E-state index in [0.29, 0.717) is 48.3 Å². The first-order valence-corrected chi connectivity index (χ1v) is 28.2. The van der Waals surface area contributed by atoms with E-state index in [1.165, 1.54) is 14.2 Å². The predicted octanol–water partition coefficient (Wildman–Crippen LogP) is 12.6. The van der Waals surface area contributed by atoms with Gasteiger partial charge >= 0.3 is 18.3 Å². The van der Waals surface area contributed by atoms with Crippen LogP contribution in [0.3, 0.4) is 0 Å². The van der Waals surface area contributed by atoms with E-state index < -0.39 is 84.0 Å². The van der Waals surface area contributed by atoms with E-state index in [1.54, 1.807) is 86.0 Å². The Morgan fingerprint density at radius 3 is 2.01 bits per heavy atom. The quantitative estimate of drug-likeness (QED) is 0.0824. The summed E-state index contributed by atoms with van der Waals surface area (Å²) in [5, 5.41) is -0.0719. The summed E-state index contributed by atoms with van der Waals surface area (Å²) in [6, 6.07) is 13.5. The van der Waals surface area contributed by atoms with E-state index in [0.717, 1.165) is 19.4 Å². The zero-order valence-electron chi connectivity index (χ0n) is 44.3. The van der Waals surface area contributed by atoms with Crippen LogP contribution in [0.4, 0.5) is 38.3 Å². The molecule has 19 heteroatoms. The molecule has 0 radical (unpaired) electrons. The van der Waals surface area contributed by atoms with Gasteiger partial charge in [0.05, 0.1) is 50.2 Å². The van der Waals surface area contributed by atoms with Crippen molar-refractivity contribution in [2.75, 3.05) is 37.2 Å². The summed E-state index contributed by atoms with van der Waals surface area (Å²) in [5.41, 5.74) is -4.49. The number of hydrogen-bond acceptors (Lipinski definition) is 12. The van der Waals surface area contributed by atoms with Crippen LogP contribution in [-0.2, 0) is 28.4 Å². The molecule has 2 bridgehead atoms. The molecular formula is C55H67F5N6O7Si. The lowest BCUT2D eigenvalue weighted by Crippen LogP contribution is -2.65. The molecule has 5 aromatic rings. The van der Waals surface area contributed by atoms with Crippen LogP contribution >= 0.6 is 0 Å². The maximum atomic E-state index is 18.3. The van der Waals surface area contributed by atoms with Crippen LogP contribution in [0.5, 0.6) is 23.4 Å². The minimum Gasteiger partial charge on any atom is -0.497 e. The number of fused-ring (bicyclic) bond motifs is 5. The minimum atomic E-state index is -5.18. The second-order valence-electron chi connectivity index (χ2n) is 22.8. The van der Waals surface area contributed by atoms with Gasteiger partial charge in [0.1, 0.15) is 57.0 Å². The third-order valence-electron chi connectivity index (χ3n) is 15.6. The molecule has 2 aromatic heterocycles. The molecule has 4 atom stereocenters. The molecule has 2 saturated heterocycles. The Labute approximate surface area is 430 Å². The van der Waals surface area contributed by atoms with Gasteiger partial charge in [0.15, 0.2) is 14.1 Å². The molecule has 1 saturated carbocycles. The Balaban J connectivity index is 1.24. The number of alkyl halides is 3. The number of rotatable bonds is 13. The molecule has 0 N–H and O–H groups in total. The Hall–Kier alpha value is -5.95. The summed E-state index contributed by atoms with van der Waals surface area (Å²) in [5.74, 6) is -1.19. The van der Waals surface area contributed by atoms with Crippen molar-refractivity contribution in [3.05, 3.63) is 88.5 Å². The molecule has 13 nitrogen and oxygen atoms in total. The number of piperazine rings is 1. The Morgan fingerprint density at radius 2 is 1.49 bits per heavy atom. The summed E-state index contributed by atoms with van der Waals surface area (Å²) in [7, 11) is 0.768. The maximum Gasteiger partial charge on any atom is 0.417 e. The zero-order valence-corrected chi connectivity index (χ0v) is 45.3. The highest BCUT2D eigenvalue weighted by Gasteiger charge is 2.54. The van der Waals surface area contributed by atoms with Gasteiger partial charge in [0.2, 0.25) is 5.88 Å². The number of hydrogen-bond donors (Lipinski definition) is 0. The highest BCUT2D eigenvalue weighted by Crippen LogP contribution is 2.50. The van der Waals surface area contributed by atoms with Gasteiger partial charge < -0.3 is 37.9 Å². The average Bonchev–Trinajstić information content (AvgIpc) is 3.56. The monoisotopic (exact) mass is 1050 g/mol. The first-order valence-electron chi connectivity index (χ1n) is 25.3. The van der Waals surface area contributed by atoms with Gasteiger partial charge in [-0.15, -0.1) is 0 Å². The van der Waals surface area contributed by atoms with Gasteiger partial charge in [0, 0.05) is 25.2 Å². The molecule has 74 heavy (non-hydrogen) atoms. The molecule has 0 unspecified atom stereocenters. The van der Waals surface area contributed by atoms with Crippen LogP contribution in [0.2, 0.25) is 18.1 Å². The summed E-state index contributed by atoms with van der Waals surface area (Å²) in [4.78, 5) is 33.7. The SMILES string of the molecule is COc1ccc(CN(Cc2ccc(OC)cc2)c2cc(-c3nc4c5c(nc(OC6(CO[Si](C)(C)C(C)(C)C)CCC6)nc5c3F)N3C[C@H]5CC[C@@H]([C@H]3[C@H](C)O4)N5C(=O)OC(C)(C)C)c(C(F)(F)F)c(C)c2F)cc1. The number of ether oxygens (including phenoxy) is 5. The number of benzene rings is 3. The standard InChI is InChI=1S/C55H67F5N6O7Si/c1-31-42(55(58,59)60)38(26-40(43(31)56)64(27-33-14-19-36(68-9)20-15-33)28-34-16-21-37(69-10)22-17-34)45-44(57)46-41-48(63-50(62-46)72-54(24-13-25-54)30-70-74(11,12)53(6,7)8)65-29-35-18-23-39(47(65)32(2)71-49(41)61-45)66(35)51(67)73-52(3,4)5/h14-17,19-22,26,32,35,39,47H,13,18,23-25,27-30H2,1-12H3/t32-,35+,39-,47+/m0/s1. The van der Waals surface area contributed by atoms with Gasteiger partial charge in [-0.3, -0.25) is 4.90 Å². The summed E-state index contributed by atoms with van der Waals surface area (Å²) in [6.45, 7) is 19.5. The molecule has 3 aromatic carbocycles. The first kappa shape index (κ1) is 52.9. The number of nitrogens with zero attached hydrogens (tertiary/aromatic N) is 6. The summed E-state index contributed by atoms with van der Waals surface area (Å²) < 4.78 is 119. The van der Waals surface area contributed by atoms with E-state index in [4.69, 9.17) is 38.1 Å². The van der Waals surface area contributed by atoms with E-state index >= 15 is 22.0 Å². The topological polar surface area (TPSA) is 121 Å². The predicted molar refractivity (Wildman–Crippen MR) is 275 cm³/mol. The van der Waals surface area contributed by atoms with Crippen molar-refractivity contribution in [3.8, 4) is 34.6 Å². The van der Waals surface area contributed by atoms with Crippen molar-refractivity contribution in [1.29, 1.82) is 0 Å². The second-order valence-corrected chi connectivity index (χ2v) is 27.6. The van der Waals surface area contributed by atoms with Crippen LogP contribution in [-0.4, -0.2) is 97.1 Å². The van der Waals surface area contributed by atoms with Crippen LogP contribution in [0, 0.1) is 18.6 Å². The summed E-state index contributed by atoms with van der Waals surface area (Å²) >= 11 is 0. The number of methoxy groups -OCH3 is 2. The fraction of sp³-hybridized carbons (Fsp3) is 0.527. The minimum absolute atomic E-state index is 0.0338. The fourth-order valence-corrected chi connectivity index (χ4v) is 11.6. The number of carbonyl (C=O) groups is 1. The molecule has 4 aliphatic rings.